The summed E-state index contributed by atoms with van der Waals surface area (Å²) in [5.74, 6) is 0.800. The van der Waals surface area contributed by atoms with E-state index in [9.17, 15) is 4.79 Å². The van der Waals surface area contributed by atoms with Crippen LogP contribution < -0.4 is 4.90 Å². The number of nitrogens with zero attached hydrogens (tertiary/aromatic N) is 2. The maximum Gasteiger partial charge on any atom is 0.229 e. The summed E-state index contributed by atoms with van der Waals surface area (Å²) in [6, 6.07) is 24.0. The number of amides is 1. The lowest BCUT2D eigenvalue weighted by Gasteiger charge is -2.20. The molecule has 0 saturated carbocycles. The molecule has 0 bridgehead atoms. The lowest BCUT2D eigenvalue weighted by molar-refractivity contribution is -0.118. The Hall–Kier alpha value is -2.34. The number of thiazole rings is 1. The van der Waals surface area contributed by atoms with Crippen molar-refractivity contribution in [1.82, 2.24) is 4.98 Å². The van der Waals surface area contributed by atoms with E-state index in [0.717, 1.165) is 27.1 Å². The number of aryl methyl sites for hydroxylation is 1. The van der Waals surface area contributed by atoms with E-state index in [0.29, 0.717) is 23.1 Å². The molecule has 0 fully saturated rings. The number of benzene rings is 3. The summed E-state index contributed by atoms with van der Waals surface area (Å²) in [5.41, 5.74) is 3.01. The normalized spacial score (nSPS) is 11.0. The van der Waals surface area contributed by atoms with Crippen LogP contribution in [0.1, 0.15) is 17.5 Å². The number of carbonyl (C=O) groups excluding carboxylic acids is 1. The van der Waals surface area contributed by atoms with Crippen LogP contribution in [0.5, 0.6) is 0 Å². The lowest BCUT2D eigenvalue weighted by atomic mass is 10.2. The summed E-state index contributed by atoms with van der Waals surface area (Å²) >= 11 is 9.44. The maximum atomic E-state index is 13.2. The molecular weight excluding hydrogens is 432 g/mol. The third-order valence-corrected chi connectivity index (χ3v) is 6.94. The van der Waals surface area contributed by atoms with E-state index in [2.05, 4.69) is 12.1 Å². The van der Waals surface area contributed by atoms with Crippen molar-refractivity contribution >= 4 is 56.0 Å². The van der Waals surface area contributed by atoms with Crippen LogP contribution in [-0.4, -0.2) is 16.6 Å². The number of fused-ring (bicyclic) bond motifs is 1. The molecule has 4 rings (SSSR count). The molecule has 4 aromatic rings. The Bertz CT molecular complexity index is 1150. The third-order valence-electron chi connectivity index (χ3n) is 4.68. The Labute approximate surface area is 189 Å². The topological polar surface area (TPSA) is 33.2 Å². The first-order chi connectivity index (χ1) is 14.6. The van der Waals surface area contributed by atoms with Crippen LogP contribution in [-0.2, 0) is 11.3 Å². The van der Waals surface area contributed by atoms with Crippen LogP contribution in [0.4, 0.5) is 5.13 Å². The molecule has 1 amide bonds. The monoisotopic (exact) mass is 452 g/mol. The Morgan fingerprint density at radius 3 is 2.50 bits per heavy atom. The van der Waals surface area contributed by atoms with Gasteiger partial charge < -0.3 is 0 Å². The van der Waals surface area contributed by atoms with Crippen LogP contribution in [0, 0.1) is 6.92 Å². The van der Waals surface area contributed by atoms with Gasteiger partial charge in [-0.25, -0.2) is 4.98 Å². The summed E-state index contributed by atoms with van der Waals surface area (Å²) in [5, 5.41) is 1.41. The van der Waals surface area contributed by atoms with Gasteiger partial charge in [-0.15, -0.1) is 11.8 Å². The molecule has 30 heavy (non-hydrogen) atoms. The van der Waals surface area contributed by atoms with Gasteiger partial charge in [0.15, 0.2) is 5.13 Å². The number of carbonyl (C=O) groups is 1. The van der Waals surface area contributed by atoms with E-state index in [1.807, 2.05) is 67.6 Å². The van der Waals surface area contributed by atoms with Crippen molar-refractivity contribution < 1.29 is 4.79 Å². The van der Waals surface area contributed by atoms with Gasteiger partial charge in [0.2, 0.25) is 5.91 Å². The molecule has 0 radical (unpaired) electrons. The van der Waals surface area contributed by atoms with E-state index in [-0.39, 0.29) is 5.91 Å². The van der Waals surface area contributed by atoms with Crippen LogP contribution in [0.15, 0.2) is 77.7 Å². The summed E-state index contributed by atoms with van der Waals surface area (Å²) in [7, 11) is 0. The largest absolute Gasteiger partial charge is 0.284 e. The first kappa shape index (κ1) is 20.9. The van der Waals surface area contributed by atoms with Gasteiger partial charge >= 0.3 is 0 Å². The van der Waals surface area contributed by atoms with Gasteiger partial charge in [0, 0.05) is 22.1 Å². The second kappa shape index (κ2) is 9.65. The molecule has 0 aliphatic rings. The third kappa shape index (κ3) is 5.04. The van der Waals surface area contributed by atoms with Crippen LogP contribution >= 0.6 is 34.7 Å². The number of rotatable bonds is 7. The van der Waals surface area contributed by atoms with Crippen molar-refractivity contribution in [1.29, 1.82) is 0 Å². The highest BCUT2D eigenvalue weighted by Crippen LogP contribution is 2.34. The average molecular weight is 453 g/mol. The highest BCUT2D eigenvalue weighted by Gasteiger charge is 2.21. The Morgan fingerprint density at radius 2 is 1.77 bits per heavy atom. The highest BCUT2D eigenvalue weighted by molar-refractivity contribution is 7.99. The second-order valence-electron chi connectivity index (χ2n) is 6.94. The first-order valence-corrected chi connectivity index (χ1v) is 11.9. The van der Waals surface area contributed by atoms with Crippen LogP contribution in [0.2, 0.25) is 5.02 Å². The molecule has 152 valence electrons. The number of aromatic nitrogens is 1. The van der Waals surface area contributed by atoms with Gasteiger partial charge in [0.1, 0.15) is 0 Å². The Kier molecular flexibility index (Phi) is 6.72. The fourth-order valence-corrected chi connectivity index (χ4v) is 5.49. The zero-order valence-corrected chi connectivity index (χ0v) is 18.9. The molecule has 1 heterocycles. The van der Waals surface area contributed by atoms with E-state index in [1.165, 1.54) is 16.2 Å². The predicted molar refractivity (Wildman–Crippen MR) is 129 cm³/mol. The van der Waals surface area contributed by atoms with Crippen molar-refractivity contribution in [3.63, 3.8) is 0 Å². The van der Waals surface area contributed by atoms with Crippen molar-refractivity contribution in [3.05, 3.63) is 88.9 Å². The van der Waals surface area contributed by atoms with Gasteiger partial charge in [-0.3, -0.25) is 9.69 Å². The van der Waals surface area contributed by atoms with Gasteiger partial charge in [-0.1, -0.05) is 71.5 Å². The molecule has 0 saturated heterocycles. The molecule has 1 aromatic heterocycles. The molecule has 0 aliphatic carbocycles. The maximum absolute atomic E-state index is 13.2. The summed E-state index contributed by atoms with van der Waals surface area (Å²) in [6.07, 6.45) is 0.446. The highest BCUT2D eigenvalue weighted by atomic mass is 35.5. The predicted octanol–water partition coefficient (Wildman–Crippen LogP) is 6.97. The number of hydrogen-bond acceptors (Lipinski definition) is 4. The van der Waals surface area contributed by atoms with E-state index < -0.39 is 0 Å². The molecular formula is C24H21ClN2OS2. The minimum Gasteiger partial charge on any atom is -0.284 e. The molecule has 0 atom stereocenters. The molecule has 6 heteroatoms. The van der Waals surface area contributed by atoms with Gasteiger partial charge in [0.05, 0.1) is 16.8 Å². The fraction of sp³-hybridized carbons (Fsp3) is 0.167. The number of anilines is 1. The van der Waals surface area contributed by atoms with Crippen LogP contribution in [0.25, 0.3) is 10.2 Å². The number of halogens is 1. The van der Waals surface area contributed by atoms with E-state index in [1.54, 1.807) is 16.7 Å². The van der Waals surface area contributed by atoms with Gasteiger partial charge in [-0.2, -0.15) is 0 Å². The van der Waals surface area contributed by atoms with Crippen molar-refractivity contribution in [2.24, 2.45) is 0 Å². The molecule has 0 unspecified atom stereocenters. The minimum absolute atomic E-state index is 0.0742. The minimum atomic E-state index is 0.0742. The zero-order chi connectivity index (χ0) is 20.9. The number of thioether (sulfide) groups is 1. The Morgan fingerprint density at radius 1 is 1.07 bits per heavy atom. The summed E-state index contributed by atoms with van der Waals surface area (Å²) < 4.78 is 1.000. The van der Waals surface area contributed by atoms with Gasteiger partial charge in [0.25, 0.3) is 0 Å². The molecule has 0 aliphatic heterocycles. The Balaban J connectivity index is 1.57. The summed E-state index contributed by atoms with van der Waals surface area (Å²) in [6.45, 7) is 2.50. The van der Waals surface area contributed by atoms with E-state index in [4.69, 9.17) is 16.6 Å². The second-order valence-corrected chi connectivity index (χ2v) is 9.56. The average Bonchev–Trinajstić information content (AvgIpc) is 3.17. The quantitative estimate of drug-likeness (QED) is 0.284. The van der Waals surface area contributed by atoms with Crippen LogP contribution in [0.3, 0.4) is 0 Å². The SMILES string of the molecule is Cc1cc(Cl)cc2sc(N(Cc3ccccc3)C(=O)CCSc3ccccc3)nc12. The molecule has 3 nitrogen and oxygen atoms in total. The number of hydrogen-bond donors (Lipinski definition) is 0. The molecule has 0 N–H and O–H groups in total. The van der Waals surface area contributed by atoms with Crippen molar-refractivity contribution in [2.45, 2.75) is 24.8 Å². The lowest BCUT2D eigenvalue weighted by Crippen LogP contribution is -2.30. The standard InChI is InChI=1S/C24H21ClN2OS2/c1-17-14-19(25)15-21-23(17)26-24(30-21)27(16-18-8-4-2-5-9-18)22(28)12-13-29-20-10-6-3-7-11-20/h2-11,14-15H,12-13,16H2,1H3. The van der Waals surface area contributed by atoms with Gasteiger partial charge in [-0.05, 0) is 42.3 Å². The molecule has 0 spiro atoms. The zero-order valence-electron chi connectivity index (χ0n) is 16.5. The van der Waals surface area contributed by atoms with Crippen molar-refractivity contribution in [3.8, 4) is 0 Å². The van der Waals surface area contributed by atoms with E-state index >= 15 is 0 Å². The first-order valence-electron chi connectivity index (χ1n) is 9.69. The molecule has 3 aromatic carbocycles. The summed E-state index contributed by atoms with van der Waals surface area (Å²) in [4.78, 5) is 21.0. The smallest absolute Gasteiger partial charge is 0.229 e. The van der Waals surface area contributed by atoms with Crippen molar-refractivity contribution in [2.75, 3.05) is 10.7 Å². The fourth-order valence-electron chi connectivity index (χ4n) is 3.19.